The van der Waals surface area contributed by atoms with Gasteiger partial charge in [0.1, 0.15) is 0 Å². The highest BCUT2D eigenvalue weighted by Crippen LogP contribution is 2.36. The molecule has 2 rings (SSSR count). The minimum atomic E-state index is -3.85. The lowest BCUT2D eigenvalue weighted by atomic mass is 10.1. The minimum Gasteiger partial charge on any atom is -0.302 e. The zero-order valence-corrected chi connectivity index (χ0v) is 14.1. The van der Waals surface area contributed by atoms with Gasteiger partial charge in [0.15, 0.2) is 5.13 Å². The number of nitrogens with two attached hydrogens (primary N) is 1. The summed E-state index contributed by atoms with van der Waals surface area (Å²) in [5.41, 5.74) is 2.03. The molecule has 0 fully saturated rings. The van der Waals surface area contributed by atoms with E-state index in [4.69, 9.17) is 5.14 Å². The first-order chi connectivity index (χ1) is 10.2. The maximum Gasteiger partial charge on any atom is 0.238 e. The molecule has 1 aromatic carbocycles. The van der Waals surface area contributed by atoms with Gasteiger partial charge in [0.2, 0.25) is 15.9 Å². The Labute approximate surface area is 133 Å². The monoisotopic (exact) mass is 339 g/mol. The maximum atomic E-state index is 11.9. The lowest BCUT2D eigenvalue weighted by molar-refractivity contribution is -0.114. The fourth-order valence-corrected chi connectivity index (χ4v) is 3.97. The summed E-state index contributed by atoms with van der Waals surface area (Å²) in [4.78, 5) is 16.1. The number of benzene rings is 1. The van der Waals surface area contributed by atoms with Crippen LogP contribution in [0.25, 0.3) is 10.4 Å². The molecule has 2 aromatic rings. The fourth-order valence-electron chi connectivity index (χ4n) is 2.06. The van der Waals surface area contributed by atoms with Gasteiger partial charge in [0, 0.05) is 12.5 Å². The second-order valence-corrected chi connectivity index (χ2v) is 7.37. The number of primary sulfonamides is 1. The van der Waals surface area contributed by atoms with Crippen molar-refractivity contribution in [1.29, 1.82) is 0 Å². The van der Waals surface area contributed by atoms with Crippen LogP contribution in [-0.2, 0) is 21.2 Å². The zero-order chi connectivity index (χ0) is 16.5. The first-order valence-corrected chi connectivity index (χ1v) is 8.99. The molecule has 0 saturated carbocycles. The Balaban J connectivity index is 2.62. The third-order valence-electron chi connectivity index (χ3n) is 3.08. The number of nitrogens with one attached hydrogen (secondary N) is 1. The lowest BCUT2D eigenvalue weighted by Gasteiger charge is -2.08. The van der Waals surface area contributed by atoms with E-state index < -0.39 is 10.0 Å². The van der Waals surface area contributed by atoms with Gasteiger partial charge in [0.25, 0.3) is 0 Å². The number of amides is 1. The molecule has 0 saturated heterocycles. The summed E-state index contributed by atoms with van der Waals surface area (Å²) < 4.78 is 23.8. The van der Waals surface area contributed by atoms with E-state index in [0.29, 0.717) is 27.7 Å². The number of aryl methyl sites for hydroxylation is 2. The fraction of sp³-hybridized carbons (Fsp3) is 0.286. The summed E-state index contributed by atoms with van der Waals surface area (Å²) in [7, 11) is -3.85. The van der Waals surface area contributed by atoms with Crippen LogP contribution in [0.3, 0.4) is 0 Å². The first-order valence-electron chi connectivity index (χ1n) is 6.63. The molecule has 0 atom stereocenters. The molecule has 0 bridgehead atoms. The Morgan fingerprint density at radius 1 is 1.41 bits per heavy atom. The molecular formula is C14H17N3O3S2. The van der Waals surface area contributed by atoms with E-state index in [9.17, 15) is 13.2 Å². The number of aromatic nitrogens is 1. The highest BCUT2D eigenvalue weighted by Gasteiger charge is 2.20. The van der Waals surface area contributed by atoms with Crippen molar-refractivity contribution in [2.75, 3.05) is 5.32 Å². The summed E-state index contributed by atoms with van der Waals surface area (Å²) in [6.07, 6.45) is 0.710. The summed E-state index contributed by atoms with van der Waals surface area (Å²) >= 11 is 1.22. The van der Waals surface area contributed by atoms with Crippen molar-refractivity contribution in [2.45, 2.75) is 32.1 Å². The molecule has 0 unspecified atom stereocenters. The molecule has 0 aliphatic carbocycles. The molecule has 0 radical (unpaired) electrons. The number of anilines is 1. The first kappa shape index (κ1) is 16.6. The molecular weight excluding hydrogens is 322 g/mol. The van der Waals surface area contributed by atoms with Gasteiger partial charge in [-0.05, 0) is 25.0 Å². The number of carbonyl (C=O) groups excluding carboxylic acids is 1. The molecule has 8 heteroatoms. The van der Waals surface area contributed by atoms with Crippen molar-refractivity contribution in [3.8, 4) is 10.4 Å². The Morgan fingerprint density at radius 2 is 2.09 bits per heavy atom. The van der Waals surface area contributed by atoms with E-state index >= 15 is 0 Å². The smallest absolute Gasteiger partial charge is 0.238 e. The average Bonchev–Trinajstić information content (AvgIpc) is 2.76. The van der Waals surface area contributed by atoms with Crippen LogP contribution in [0.4, 0.5) is 5.13 Å². The number of nitrogens with zero attached hydrogens (tertiary/aromatic N) is 1. The number of sulfonamides is 1. The van der Waals surface area contributed by atoms with Crippen LogP contribution in [0.15, 0.2) is 23.1 Å². The number of thiazole rings is 1. The second-order valence-electron chi connectivity index (χ2n) is 4.84. The molecule has 22 heavy (non-hydrogen) atoms. The quantitative estimate of drug-likeness (QED) is 0.892. The van der Waals surface area contributed by atoms with Gasteiger partial charge in [-0.2, -0.15) is 0 Å². The number of rotatable bonds is 4. The van der Waals surface area contributed by atoms with E-state index in [-0.39, 0.29) is 10.8 Å². The average molecular weight is 339 g/mol. The Kier molecular flexibility index (Phi) is 4.64. The maximum absolute atomic E-state index is 11.9. The van der Waals surface area contributed by atoms with Crippen LogP contribution >= 0.6 is 11.3 Å². The van der Waals surface area contributed by atoms with Crippen molar-refractivity contribution in [3.05, 3.63) is 29.5 Å². The van der Waals surface area contributed by atoms with Crippen LogP contribution < -0.4 is 10.5 Å². The molecule has 1 aromatic heterocycles. The summed E-state index contributed by atoms with van der Waals surface area (Å²) in [6, 6.07) is 5.18. The predicted molar refractivity (Wildman–Crippen MR) is 87.3 cm³/mol. The predicted octanol–water partition coefficient (Wildman–Crippen LogP) is 2.29. The van der Waals surface area contributed by atoms with Crippen molar-refractivity contribution in [2.24, 2.45) is 5.14 Å². The number of carbonyl (C=O) groups is 1. The summed E-state index contributed by atoms with van der Waals surface area (Å²) in [5.74, 6) is -0.228. The second kappa shape index (κ2) is 6.15. The van der Waals surface area contributed by atoms with Gasteiger partial charge in [-0.1, -0.05) is 30.4 Å². The van der Waals surface area contributed by atoms with Crippen LogP contribution in [-0.4, -0.2) is 19.3 Å². The van der Waals surface area contributed by atoms with Gasteiger partial charge < -0.3 is 5.32 Å². The van der Waals surface area contributed by atoms with E-state index in [1.807, 2.05) is 13.0 Å². The van der Waals surface area contributed by atoms with E-state index in [1.165, 1.54) is 18.3 Å². The largest absolute Gasteiger partial charge is 0.302 e. The molecule has 0 aliphatic heterocycles. The summed E-state index contributed by atoms with van der Waals surface area (Å²) in [5, 5.41) is 8.38. The number of hydrogen-bond donors (Lipinski definition) is 2. The van der Waals surface area contributed by atoms with Gasteiger partial charge >= 0.3 is 0 Å². The molecule has 6 nitrogen and oxygen atoms in total. The van der Waals surface area contributed by atoms with Crippen LogP contribution in [0.5, 0.6) is 0 Å². The van der Waals surface area contributed by atoms with E-state index in [0.717, 1.165) is 5.56 Å². The van der Waals surface area contributed by atoms with Crippen LogP contribution in [0, 0.1) is 6.92 Å². The lowest BCUT2D eigenvalue weighted by Crippen LogP contribution is -2.13. The van der Waals surface area contributed by atoms with E-state index in [2.05, 4.69) is 10.3 Å². The summed E-state index contributed by atoms with van der Waals surface area (Å²) in [6.45, 7) is 5.09. The Morgan fingerprint density at radius 3 is 2.64 bits per heavy atom. The standard InChI is InChI=1S/C14H17N3O3S2/c1-4-10-5-6-11(12(7-10)22(15,19)20)13-8(2)16-14(21-13)17-9(3)18/h5-7H,4H2,1-3H3,(H2,15,19,20)(H,16,17,18). The number of hydrogen-bond acceptors (Lipinski definition) is 5. The third-order valence-corrected chi connectivity index (χ3v) is 5.14. The van der Waals surface area contributed by atoms with Crippen molar-refractivity contribution < 1.29 is 13.2 Å². The highest BCUT2D eigenvalue weighted by atomic mass is 32.2. The molecule has 118 valence electrons. The molecule has 1 heterocycles. The van der Waals surface area contributed by atoms with Gasteiger partial charge in [0.05, 0.1) is 15.5 Å². The van der Waals surface area contributed by atoms with Crippen molar-refractivity contribution >= 4 is 32.4 Å². The molecule has 1 amide bonds. The Bertz CT molecular complexity index is 826. The van der Waals surface area contributed by atoms with Gasteiger partial charge in [-0.15, -0.1) is 0 Å². The normalized spacial score (nSPS) is 11.5. The SMILES string of the molecule is CCc1ccc(-c2sc(NC(C)=O)nc2C)c(S(N)(=O)=O)c1. The highest BCUT2D eigenvalue weighted by molar-refractivity contribution is 7.89. The zero-order valence-electron chi connectivity index (χ0n) is 12.5. The molecule has 3 N–H and O–H groups in total. The third kappa shape index (κ3) is 3.52. The van der Waals surface area contributed by atoms with Crippen LogP contribution in [0.2, 0.25) is 0 Å². The Hall–Kier alpha value is -1.77. The molecule has 0 aliphatic rings. The van der Waals surface area contributed by atoms with E-state index in [1.54, 1.807) is 19.1 Å². The van der Waals surface area contributed by atoms with Gasteiger partial charge in [-0.3, -0.25) is 4.79 Å². The van der Waals surface area contributed by atoms with Gasteiger partial charge in [-0.25, -0.2) is 18.5 Å². The van der Waals surface area contributed by atoms with Crippen LogP contribution in [0.1, 0.15) is 25.1 Å². The van der Waals surface area contributed by atoms with Crippen molar-refractivity contribution in [3.63, 3.8) is 0 Å². The minimum absolute atomic E-state index is 0.0768. The molecule has 0 spiro atoms. The van der Waals surface area contributed by atoms with Crippen molar-refractivity contribution in [1.82, 2.24) is 4.98 Å². The topological polar surface area (TPSA) is 102 Å².